The van der Waals surface area contributed by atoms with Crippen LogP contribution in [0.1, 0.15) is 40.4 Å². The highest BCUT2D eigenvalue weighted by Gasteiger charge is 2.31. The molecule has 0 bridgehead atoms. The standard InChI is InChI=1S/C20H18N2O3/c21-13-14-3-1-4-16(11-14)20(23)22-8-2-5-17(22)15-6-7-18-19(12-15)25-10-9-24-18/h1,3-4,6-7,11-12,17H,2,5,8-10H2. The van der Waals surface area contributed by atoms with Crippen LogP contribution < -0.4 is 9.47 Å². The smallest absolute Gasteiger partial charge is 0.254 e. The summed E-state index contributed by atoms with van der Waals surface area (Å²) in [5.74, 6) is 1.47. The molecule has 2 heterocycles. The first kappa shape index (κ1) is 15.5. The zero-order chi connectivity index (χ0) is 17.2. The van der Waals surface area contributed by atoms with Crippen LogP contribution in [0.25, 0.3) is 0 Å². The molecular weight excluding hydrogens is 316 g/mol. The van der Waals surface area contributed by atoms with Crippen LogP contribution in [0, 0.1) is 11.3 Å². The van der Waals surface area contributed by atoms with Crippen molar-refractivity contribution >= 4 is 5.91 Å². The molecule has 0 N–H and O–H groups in total. The van der Waals surface area contributed by atoms with E-state index in [1.165, 1.54) is 0 Å². The molecule has 0 saturated carbocycles. The van der Waals surface area contributed by atoms with Crippen molar-refractivity contribution in [3.63, 3.8) is 0 Å². The molecule has 5 nitrogen and oxygen atoms in total. The number of benzene rings is 2. The van der Waals surface area contributed by atoms with Crippen molar-refractivity contribution in [2.75, 3.05) is 19.8 Å². The largest absolute Gasteiger partial charge is 0.486 e. The quantitative estimate of drug-likeness (QED) is 0.845. The van der Waals surface area contributed by atoms with Gasteiger partial charge in [0.05, 0.1) is 17.7 Å². The van der Waals surface area contributed by atoms with Crippen LogP contribution >= 0.6 is 0 Å². The lowest BCUT2D eigenvalue weighted by Crippen LogP contribution is -2.30. The van der Waals surface area contributed by atoms with Gasteiger partial charge in [0, 0.05) is 12.1 Å². The highest BCUT2D eigenvalue weighted by Crippen LogP contribution is 2.38. The van der Waals surface area contributed by atoms with E-state index in [1.54, 1.807) is 24.3 Å². The summed E-state index contributed by atoms with van der Waals surface area (Å²) in [6, 6.07) is 14.9. The van der Waals surface area contributed by atoms with Gasteiger partial charge in [0.2, 0.25) is 0 Å². The number of likely N-dealkylation sites (tertiary alicyclic amines) is 1. The SMILES string of the molecule is N#Cc1cccc(C(=O)N2CCCC2c2ccc3c(c2)OCCO3)c1. The first-order valence-electron chi connectivity index (χ1n) is 8.47. The Balaban J connectivity index is 1.62. The van der Waals surface area contributed by atoms with Crippen LogP contribution in [0.2, 0.25) is 0 Å². The Labute approximate surface area is 146 Å². The van der Waals surface area contributed by atoms with Crippen molar-refractivity contribution < 1.29 is 14.3 Å². The molecule has 5 heteroatoms. The third-order valence-corrected chi connectivity index (χ3v) is 4.70. The summed E-state index contributed by atoms with van der Waals surface area (Å²) in [6.07, 6.45) is 1.88. The fourth-order valence-corrected chi connectivity index (χ4v) is 3.51. The van der Waals surface area contributed by atoms with Gasteiger partial charge in [-0.15, -0.1) is 0 Å². The van der Waals surface area contributed by atoms with Gasteiger partial charge in [0.1, 0.15) is 13.2 Å². The number of carbonyl (C=O) groups excluding carboxylic acids is 1. The Hall–Kier alpha value is -3.00. The van der Waals surface area contributed by atoms with Crippen LogP contribution in [0.4, 0.5) is 0 Å². The summed E-state index contributed by atoms with van der Waals surface area (Å²) in [5, 5.41) is 9.05. The van der Waals surface area contributed by atoms with Crippen molar-refractivity contribution in [1.29, 1.82) is 5.26 Å². The van der Waals surface area contributed by atoms with Gasteiger partial charge in [-0.05, 0) is 48.7 Å². The van der Waals surface area contributed by atoms with Crippen molar-refractivity contribution in [3.05, 3.63) is 59.2 Å². The number of hydrogen-bond acceptors (Lipinski definition) is 4. The van der Waals surface area contributed by atoms with Gasteiger partial charge < -0.3 is 14.4 Å². The van der Waals surface area contributed by atoms with Crippen LogP contribution in [-0.2, 0) is 0 Å². The van der Waals surface area contributed by atoms with Gasteiger partial charge in [0.25, 0.3) is 5.91 Å². The lowest BCUT2D eigenvalue weighted by molar-refractivity contribution is 0.0735. The van der Waals surface area contributed by atoms with E-state index in [0.717, 1.165) is 29.9 Å². The van der Waals surface area contributed by atoms with Gasteiger partial charge in [-0.25, -0.2) is 0 Å². The molecule has 0 aromatic heterocycles. The molecule has 2 aromatic rings. The van der Waals surface area contributed by atoms with E-state index in [1.807, 2.05) is 23.1 Å². The zero-order valence-electron chi connectivity index (χ0n) is 13.8. The Morgan fingerprint density at radius 2 is 1.96 bits per heavy atom. The summed E-state index contributed by atoms with van der Waals surface area (Å²) in [7, 11) is 0. The maximum atomic E-state index is 12.9. The van der Waals surface area contributed by atoms with Gasteiger partial charge >= 0.3 is 0 Å². The van der Waals surface area contributed by atoms with Crippen LogP contribution in [0.3, 0.4) is 0 Å². The monoisotopic (exact) mass is 334 g/mol. The van der Waals surface area contributed by atoms with Crippen molar-refractivity contribution in [2.45, 2.75) is 18.9 Å². The fourth-order valence-electron chi connectivity index (χ4n) is 3.51. The molecule has 25 heavy (non-hydrogen) atoms. The van der Waals surface area contributed by atoms with Gasteiger partial charge in [-0.1, -0.05) is 12.1 Å². The molecule has 0 spiro atoms. The highest BCUT2D eigenvalue weighted by molar-refractivity contribution is 5.95. The molecule has 2 aromatic carbocycles. The van der Waals surface area contributed by atoms with Crippen LogP contribution in [0.5, 0.6) is 11.5 Å². The summed E-state index contributed by atoms with van der Waals surface area (Å²) < 4.78 is 11.2. The second-order valence-electron chi connectivity index (χ2n) is 6.25. The average molecular weight is 334 g/mol. The molecule has 0 aliphatic carbocycles. The Kier molecular flexibility index (Phi) is 4.02. The molecule has 4 rings (SSSR count). The van der Waals surface area contributed by atoms with Gasteiger partial charge in [-0.3, -0.25) is 4.79 Å². The van der Waals surface area contributed by atoms with Gasteiger partial charge in [0.15, 0.2) is 11.5 Å². The average Bonchev–Trinajstić information content (AvgIpc) is 3.17. The molecule has 1 unspecified atom stereocenters. The fraction of sp³-hybridized carbons (Fsp3) is 0.300. The molecule has 1 fully saturated rings. The number of hydrogen-bond donors (Lipinski definition) is 0. The molecule has 0 radical (unpaired) electrons. The number of fused-ring (bicyclic) bond motifs is 1. The Bertz CT molecular complexity index is 856. The molecule has 1 atom stereocenters. The van der Waals surface area contributed by atoms with E-state index in [2.05, 4.69) is 6.07 Å². The van der Waals surface area contributed by atoms with E-state index in [0.29, 0.717) is 30.9 Å². The summed E-state index contributed by atoms with van der Waals surface area (Å²) in [4.78, 5) is 14.8. The Morgan fingerprint density at radius 1 is 1.12 bits per heavy atom. The minimum absolute atomic E-state index is 0.0223. The Morgan fingerprint density at radius 3 is 2.80 bits per heavy atom. The van der Waals surface area contributed by atoms with E-state index in [4.69, 9.17) is 14.7 Å². The first-order chi connectivity index (χ1) is 12.3. The van der Waals surface area contributed by atoms with Gasteiger partial charge in [-0.2, -0.15) is 5.26 Å². The normalized spacial score (nSPS) is 18.7. The van der Waals surface area contributed by atoms with E-state index >= 15 is 0 Å². The van der Waals surface area contributed by atoms with Crippen LogP contribution in [0.15, 0.2) is 42.5 Å². The highest BCUT2D eigenvalue weighted by atomic mass is 16.6. The second-order valence-corrected chi connectivity index (χ2v) is 6.25. The number of carbonyl (C=O) groups is 1. The molecule has 126 valence electrons. The minimum atomic E-state index is -0.0329. The topological polar surface area (TPSA) is 62.6 Å². The third-order valence-electron chi connectivity index (χ3n) is 4.70. The molecular formula is C20H18N2O3. The minimum Gasteiger partial charge on any atom is -0.486 e. The number of rotatable bonds is 2. The van der Waals surface area contributed by atoms with Crippen LogP contribution in [-0.4, -0.2) is 30.6 Å². The zero-order valence-corrected chi connectivity index (χ0v) is 13.8. The lowest BCUT2D eigenvalue weighted by atomic mass is 10.0. The number of nitriles is 1. The van der Waals surface area contributed by atoms with E-state index < -0.39 is 0 Å². The van der Waals surface area contributed by atoms with E-state index in [-0.39, 0.29) is 11.9 Å². The maximum absolute atomic E-state index is 12.9. The molecule has 1 saturated heterocycles. The first-order valence-corrected chi connectivity index (χ1v) is 8.47. The summed E-state index contributed by atoms with van der Waals surface area (Å²) in [6.45, 7) is 1.83. The molecule has 2 aliphatic rings. The predicted molar refractivity (Wildman–Crippen MR) is 91.6 cm³/mol. The molecule has 1 amide bonds. The van der Waals surface area contributed by atoms with Crippen molar-refractivity contribution in [1.82, 2.24) is 4.90 Å². The lowest BCUT2D eigenvalue weighted by Gasteiger charge is -2.27. The van der Waals surface area contributed by atoms with E-state index in [9.17, 15) is 4.79 Å². The second kappa shape index (κ2) is 6.48. The number of ether oxygens (including phenoxy) is 2. The third kappa shape index (κ3) is 2.91. The number of nitrogens with zero attached hydrogens (tertiary/aromatic N) is 2. The van der Waals surface area contributed by atoms with Crippen molar-refractivity contribution in [3.8, 4) is 17.6 Å². The predicted octanol–water partition coefficient (Wildman–Crippen LogP) is 3.31. The summed E-state index contributed by atoms with van der Waals surface area (Å²) in [5.41, 5.74) is 2.12. The maximum Gasteiger partial charge on any atom is 0.254 e. The molecule has 2 aliphatic heterocycles. The number of amides is 1. The summed E-state index contributed by atoms with van der Waals surface area (Å²) >= 11 is 0. The van der Waals surface area contributed by atoms with Crippen molar-refractivity contribution in [2.24, 2.45) is 0 Å².